The van der Waals surface area contributed by atoms with Crippen molar-refractivity contribution in [3.05, 3.63) is 73.4 Å². The van der Waals surface area contributed by atoms with Crippen LogP contribution >= 0.6 is 0 Å². The van der Waals surface area contributed by atoms with Gasteiger partial charge in [0.2, 0.25) is 0 Å². The first-order valence-electron chi connectivity index (χ1n) is 7.11. The lowest BCUT2D eigenvalue weighted by atomic mass is 9.92. The minimum absolute atomic E-state index is 0.300. The fraction of sp³-hybridized carbons (Fsp3) is 0.368. The molecular formula is C19H32. The van der Waals surface area contributed by atoms with E-state index in [1.165, 1.54) is 5.57 Å². The second-order valence-corrected chi connectivity index (χ2v) is 3.22. The van der Waals surface area contributed by atoms with Crippen LogP contribution in [0.2, 0.25) is 0 Å². The lowest BCUT2D eigenvalue weighted by molar-refractivity contribution is 0.849. The Bertz CT molecular complexity index is 311. The van der Waals surface area contributed by atoms with Gasteiger partial charge < -0.3 is 0 Å². The normalized spacial score (nSPS) is 12.5. The Morgan fingerprint density at radius 1 is 0.842 bits per heavy atom. The first kappa shape index (κ1) is 22.6. The predicted octanol–water partition coefficient (Wildman–Crippen LogP) is 6.66. The molecule has 0 heteroatoms. The molecule has 0 heterocycles. The summed E-state index contributed by atoms with van der Waals surface area (Å²) in [6.07, 6.45) is 13.6. The van der Waals surface area contributed by atoms with Crippen LogP contribution < -0.4 is 0 Å². The Kier molecular flexibility index (Phi) is 22.4. The molecule has 1 unspecified atom stereocenters. The number of hydrogen-bond donors (Lipinski definition) is 0. The summed E-state index contributed by atoms with van der Waals surface area (Å²) in [6.45, 7) is 23.4. The molecule has 0 aromatic rings. The second-order valence-electron chi connectivity index (χ2n) is 3.22. The van der Waals surface area contributed by atoms with Crippen molar-refractivity contribution in [2.45, 2.75) is 41.5 Å². The largest absolute Gasteiger partial charge is 0.0991 e. The van der Waals surface area contributed by atoms with Crippen molar-refractivity contribution in [3.8, 4) is 0 Å². The topological polar surface area (TPSA) is 0 Å². The van der Waals surface area contributed by atoms with Gasteiger partial charge in [0.15, 0.2) is 0 Å². The van der Waals surface area contributed by atoms with E-state index >= 15 is 0 Å². The second kappa shape index (κ2) is 18.8. The molecule has 0 rings (SSSR count). The Labute approximate surface area is 121 Å². The molecule has 0 aliphatic rings. The molecule has 0 nitrogen and oxygen atoms in total. The summed E-state index contributed by atoms with van der Waals surface area (Å²) in [5.41, 5.74) is 2.33. The third-order valence-corrected chi connectivity index (χ3v) is 2.26. The van der Waals surface area contributed by atoms with E-state index in [0.29, 0.717) is 5.92 Å². The van der Waals surface area contributed by atoms with Crippen molar-refractivity contribution in [1.29, 1.82) is 0 Å². The van der Waals surface area contributed by atoms with Gasteiger partial charge in [0, 0.05) is 5.92 Å². The molecule has 0 N–H and O–H groups in total. The highest BCUT2D eigenvalue weighted by Crippen LogP contribution is 2.21. The predicted molar refractivity (Wildman–Crippen MR) is 93.4 cm³/mol. The molecule has 0 aliphatic heterocycles. The van der Waals surface area contributed by atoms with E-state index in [1.54, 1.807) is 6.08 Å². The molecule has 19 heavy (non-hydrogen) atoms. The zero-order valence-corrected chi connectivity index (χ0v) is 13.7. The molecule has 0 amide bonds. The molecular weight excluding hydrogens is 228 g/mol. The highest BCUT2D eigenvalue weighted by Gasteiger charge is 2.07. The Morgan fingerprint density at radius 2 is 1.26 bits per heavy atom. The van der Waals surface area contributed by atoms with Gasteiger partial charge in [-0.25, -0.2) is 0 Å². The minimum Gasteiger partial charge on any atom is -0.0991 e. The summed E-state index contributed by atoms with van der Waals surface area (Å²) in [5.74, 6) is 0.300. The average molecular weight is 260 g/mol. The molecule has 0 aliphatic carbocycles. The molecule has 0 radical (unpaired) electrons. The summed E-state index contributed by atoms with van der Waals surface area (Å²) in [5, 5.41) is 0. The number of hydrogen-bond acceptors (Lipinski definition) is 0. The van der Waals surface area contributed by atoms with Gasteiger partial charge in [0.25, 0.3) is 0 Å². The maximum Gasteiger partial charge on any atom is 0.00605 e. The first-order chi connectivity index (χ1) is 9.21. The smallest absolute Gasteiger partial charge is 0.00605 e. The molecule has 0 spiro atoms. The minimum atomic E-state index is 0.300. The maximum absolute atomic E-state index is 3.82. The van der Waals surface area contributed by atoms with Crippen LogP contribution in [0.1, 0.15) is 41.5 Å². The van der Waals surface area contributed by atoms with Gasteiger partial charge in [-0.15, -0.1) is 0 Å². The molecule has 0 fully saturated rings. The van der Waals surface area contributed by atoms with Crippen LogP contribution in [0.4, 0.5) is 0 Å². The maximum atomic E-state index is 3.82. The van der Waals surface area contributed by atoms with Crippen molar-refractivity contribution in [1.82, 2.24) is 0 Å². The van der Waals surface area contributed by atoms with E-state index in [9.17, 15) is 0 Å². The third-order valence-electron chi connectivity index (χ3n) is 2.26. The van der Waals surface area contributed by atoms with Crippen LogP contribution in [-0.4, -0.2) is 0 Å². The fourth-order valence-electron chi connectivity index (χ4n) is 1.31. The summed E-state index contributed by atoms with van der Waals surface area (Å²) in [6, 6.07) is 0. The third kappa shape index (κ3) is 11.3. The van der Waals surface area contributed by atoms with E-state index in [1.807, 2.05) is 65.0 Å². The van der Waals surface area contributed by atoms with E-state index in [4.69, 9.17) is 0 Å². The van der Waals surface area contributed by atoms with Crippen molar-refractivity contribution in [2.75, 3.05) is 0 Å². The fourth-order valence-corrected chi connectivity index (χ4v) is 1.31. The van der Waals surface area contributed by atoms with Crippen LogP contribution in [0.5, 0.6) is 0 Å². The van der Waals surface area contributed by atoms with Gasteiger partial charge in [-0.3, -0.25) is 0 Å². The van der Waals surface area contributed by atoms with E-state index in [-0.39, 0.29) is 0 Å². The lowest BCUT2D eigenvalue weighted by Crippen LogP contribution is -1.99. The van der Waals surface area contributed by atoms with Gasteiger partial charge in [0.1, 0.15) is 0 Å². The van der Waals surface area contributed by atoms with Crippen molar-refractivity contribution in [3.63, 3.8) is 0 Å². The van der Waals surface area contributed by atoms with Crippen molar-refractivity contribution < 1.29 is 0 Å². The molecule has 1 atom stereocenters. The van der Waals surface area contributed by atoms with Gasteiger partial charge in [0.05, 0.1) is 0 Å². The SMILES string of the molecule is C=C/C=C(\C=C)C(C)/C(C=C)=C/C=C\C.CC.CC. The van der Waals surface area contributed by atoms with Crippen molar-refractivity contribution in [2.24, 2.45) is 5.92 Å². The van der Waals surface area contributed by atoms with Crippen LogP contribution in [0.25, 0.3) is 0 Å². The lowest BCUT2D eigenvalue weighted by Gasteiger charge is -2.13. The van der Waals surface area contributed by atoms with E-state index in [2.05, 4.69) is 32.7 Å². The zero-order valence-electron chi connectivity index (χ0n) is 13.7. The van der Waals surface area contributed by atoms with Crippen LogP contribution in [0.3, 0.4) is 0 Å². The van der Waals surface area contributed by atoms with Gasteiger partial charge >= 0.3 is 0 Å². The van der Waals surface area contributed by atoms with Crippen LogP contribution in [-0.2, 0) is 0 Å². The zero-order chi connectivity index (χ0) is 15.7. The first-order valence-corrected chi connectivity index (χ1v) is 7.11. The quantitative estimate of drug-likeness (QED) is 0.468. The monoisotopic (exact) mass is 260 g/mol. The van der Waals surface area contributed by atoms with E-state index in [0.717, 1.165) is 5.57 Å². The van der Waals surface area contributed by atoms with Gasteiger partial charge in [-0.2, -0.15) is 0 Å². The summed E-state index contributed by atoms with van der Waals surface area (Å²) < 4.78 is 0. The highest BCUT2D eigenvalue weighted by molar-refractivity contribution is 5.36. The Balaban J connectivity index is -0.000000579. The number of rotatable bonds is 6. The highest BCUT2D eigenvalue weighted by atomic mass is 14.1. The van der Waals surface area contributed by atoms with Gasteiger partial charge in [-0.05, 0) is 18.1 Å². The Hall–Kier alpha value is -1.56. The molecule has 0 aromatic carbocycles. The van der Waals surface area contributed by atoms with Gasteiger partial charge in [-0.1, -0.05) is 96.9 Å². The molecule has 0 saturated carbocycles. The summed E-state index contributed by atoms with van der Waals surface area (Å²) in [4.78, 5) is 0. The van der Waals surface area contributed by atoms with Crippen molar-refractivity contribution >= 4 is 0 Å². The molecule has 0 aromatic heterocycles. The summed E-state index contributed by atoms with van der Waals surface area (Å²) in [7, 11) is 0. The van der Waals surface area contributed by atoms with Crippen LogP contribution in [0.15, 0.2) is 73.4 Å². The Morgan fingerprint density at radius 3 is 1.58 bits per heavy atom. The molecule has 108 valence electrons. The molecule has 0 bridgehead atoms. The standard InChI is InChI=1S/C15H20.2C2H6/c1-6-10-12-15(9-4)13(5)14(8-3)11-7-2;2*1-2/h6-13H,2-4H2,1,5H3;2*1-2H3/b10-6-,14-11+,15-12+;;. The number of allylic oxidation sites excluding steroid dienone is 9. The van der Waals surface area contributed by atoms with E-state index < -0.39 is 0 Å². The summed E-state index contributed by atoms with van der Waals surface area (Å²) >= 11 is 0. The average Bonchev–Trinajstić information content (AvgIpc) is 2.49. The molecule has 0 saturated heterocycles. The van der Waals surface area contributed by atoms with Crippen LogP contribution in [0, 0.1) is 5.92 Å².